The van der Waals surface area contributed by atoms with E-state index in [1.54, 1.807) is 28.4 Å². The number of benzene rings is 2. The zero-order chi connectivity index (χ0) is 25.5. The van der Waals surface area contributed by atoms with E-state index in [0.29, 0.717) is 23.5 Å². The van der Waals surface area contributed by atoms with Crippen molar-refractivity contribution in [1.82, 2.24) is 5.32 Å². The number of hydrogen-bond acceptors (Lipinski definition) is 6. The molecule has 1 aliphatic carbocycles. The third-order valence-corrected chi connectivity index (χ3v) is 7.74. The molecule has 0 saturated heterocycles. The quantitative estimate of drug-likeness (QED) is 0.451. The molecule has 2 aromatic rings. The molecule has 1 aliphatic heterocycles. The SMILES string of the molecule is COc1ccc(CCCNC2CCCC(C3CCc4cc(OC)c(OC)cc4NC3=O)C2)cc1OC. The number of amides is 1. The molecule has 2 aliphatic rings. The van der Waals surface area contributed by atoms with Crippen molar-refractivity contribution in [2.45, 2.75) is 57.4 Å². The lowest BCUT2D eigenvalue weighted by Gasteiger charge is -2.34. The minimum atomic E-state index is 0.0331. The van der Waals surface area contributed by atoms with Crippen LogP contribution in [-0.4, -0.2) is 46.9 Å². The molecule has 7 heteroatoms. The number of fused-ring (bicyclic) bond motifs is 1. The molecule has 1 amide bonds. The molecule has 1 fully saturated rings. The highest BCUT2D eigenvalue weighted by molar-refractivity contribution is 5.94. The minimum absolute atomic E-state index is 0.0331. The van der Waals surface area contributed by atoms with Crippen molar-refractivity contribution in [3.8, 4) is 23.0 Å². The Labute approximate surface area is 214 Å². The van der Waals surface area contributed by atoms with Gasteiger partial charge in [0.05, 0.1) is 28.4 Å². The van der Waals surface area contributed by atoms with Crippen molar-refractivity contribution in [2.75, 3.05) is 40.3 Å². The van der Waals surface area contributed by atoms with E-state index in [4.69, 9.17) is 18.9 Å². The molecule has 2 aromatic carbocycles. The van der Waals surface area contributed by atoms with Gasteiger partial charge in [0.2, 0.25) is 5.91 Å². The van der Waals surface area contributed by atoms with E-state index < -0.39 is 0 Å². The summed E-state index contributed by atoms with van der Waals surface area (Å²) in [6.45, 7) is 0.966. The summed E-state index contributed by atoms with van der Waals surface area (Å²) in [5, 5.41) is 6.95. The first-order valence-electron chi connectivity index (χ1n) is 13.1. The van der Waals surface area contributed by atoms with Crippen LogP contribution in [0, 0.1) is 11.8 Å². The van der Waals surface area contributed by atoms with E-state index in [1.165, 1.54) is 12.0 Å². The predicted octanol–water partition coefficient (Wildman–Crippen LogP) is 5.00. The van der Waals surface area contributed by atoms with Crippen molar-refractivity contribution in [3.63, 3.8) is 0 Å². The number of hydrogen-bond donors (Lipinski definition) is 2. The molecule has 0 bridgehead atoms. The second-order valence-electron chi connectivity index (χ2n) is 9.87. The Hall–Kier alpha value is -2.93. The van der Waals surface area contributed by atoms with E-state index in [0.717, 1.165) is 74.2 Å². The number of ether oxygens (including phenoxy) is 4. The van der Waals surface area contributed by atoms with E-state index in [9.17, 15) is 4.79 Å². The Morgan fingerprint density at radius 2 is 1.61 bits per heavy atom. The average Bonchev–Trinajstić information content (AvgIpc) is 3.07. The molecule has 0 radical (unpaired) electrons. The number of carbonyl (C=O) groups excluding carboxylic acids is 1. The Kier molecular flexibility index (Phi) is 8.97. The zero-order valence-electron chi connectivity index (χ0n) is 22.0. The van der Waals surface area contributed by atoms with Gasteiger partial charge in [-0.15, -0.1) is 0 Å². The molecule has 1 saturated carbocycles. The molecule has 3 atom stereocenters. The standard InChI is InChI=1S/C29H40N2O5/c1-33-25-13-10-19(15-26(25)34-2)7-6-14-30-22-9-5-8-20(16-22)23-12-11-21-17-27(35-3)28(36-4)18-24(21)31-29(23)32/h10,13,15,17-18,20,22-23,30H,5-9,11-12,14,16H2,1-4H3,(H,31,32). The van der Waals surface area contributed by atoms with Crippen LogP contribution in [0.4, 0.5) is 5.69 Å². The molecule has 4 rings (SSSR count). The Bertz CT molecular complexity index is 1040. The van der Waals surface area contributed by atoms with Crippen molar-refractivity contribution in [3.05, 3.63) is 41.5 Å². The lowest BCUT2D eigenvalue weighted by atomic mass is 9.75. The molecule has 7 nitrogen and oxygen atoms in total. The normalized spacial score (nSPS) is 21.7. The Morgan fingerprint density at radius 3 is 2.36 bits per heavy atom. The van der Waals surface area contributed by atoms with E-state index in [1.807, 2.05) is 18.2 Å². The van der Waals surface area contributed by atoms with Gasteiger partial charge in [-0.25, -0.2) is 0 Å². The average molecular weight is 497 g/mol. The summed E-state index contributed by atoms with van der Waals surface area (Å²) in [6.07, 6.45) is 8.28. The van der Waals surface area contributed by atoms with Gasteiger partial charge in [0.15, 0.2) is 23.0 Å². The van der Waals surface area contributed by atoms with Gasteiger partial charge in [-0.3, -0.25) is 4.79 Å². The van der Waals surface area contributed by atoms with Crippen LogP contribution in [0.15, 0.2) is 30.3 Å². The monoisotopic (exact) mass is 496 g/mol. The van der Waals surface area contributed by atoms with Gasteiger partial charge in [0, 0.05) is 23.7 Å². The Morgan fingerprint density at radius 1 is 0.889 bits per heavy atom. The number of methoxy groups -OCH3 is 4. The first-order chi connectivity index (χ1) is 17.6. The summed E-state index contributed by atoms with van der Waals surface area (Å²) in [7, 11) is 6.59. The summed E-state index contributed by atoms with van der Waals surface area (Å²) in [5.41, 5.74) is 3.21. The highest BCUT2D eigenvalue weighted by Crippen LogP contribution is 2.39. The van der Waals surface area contributed by atoms with Crippen LogP contribution in [-0.2, 0) is 17.6 Å². The molecule has 1 heterocycles. The van der Waals surface area contributed by atoms with Crippen LogP contribution in [0.3, 0.4) is 0 Å². The van der Waals surface area contributed by atoms with Gasteiger partial charge in [-0.05, 0) is 86.7 Å². The van der Waals surface area contributed by atoms with Crippen LogP contribution >= 0.6 is 0 Å². The highest BCUT2D eigenvalue weighted by Gasteiger charge is 2.34. The molecule has 2 N–H and O–H groups in total. The summed E-state index contributed by atoms with van der Waals surface area (Å²) >= 11 is 0. The van der Waals surface area contributed by atoms with Crippen molar-refractivity contribution in [2.24, 2.45) is 11.8 Å². The van der Waals surface area contributed by atoms with Gasteiger partial charge in [0.1, 0.15) is 0 Å². The molecule has 0 spiro atoms. The second-order valence-corrected chi connectivity index (χ2v) is 9.87. The van der Waals surface area contributed by atoms with Crippen LogP contribution in [0.2, 0.25) is 0 Å². The van der Waals surface area contributed by atoms with Gasteiger partial charge in [0.25, 0.3) is 0 Å². The smallest absolute Gasteiger partial charge is 0.227 e. The summed E-state index contributed by atoms with van der Waals surface area (Å²) in [4.78, 5) is 13.2. The fraction of sp³-hybridized carbons (Fsp3) is 0.552. The topological polar surface area (TPSA) is 78.0 Å². The third-order valence-electron chi connectivity index (χ3n) is 7.74. The first kappa shape index (κ1) is 26.1. The van der Waals surface area contributed by atoms with Gasteiger partial charge >= 0.3 is 0 Å². The largest absolute Gasteiger partial charge is 0.493 e. The molecular formula is C29H40N2O5. The first-order valence-corrected chi connectivity index (χ1v) is 13.1. The molecule has 36 heavy (non-hydrogen) atoms. The third kappa shape index (κ3) is 6.06. The maximum absolute atomic E-state index is 13.2. The van der Waals surface area contributed by atoms with Gasteiger partial charge in [-0.1, -0.05) is 12.5 Å². The predicted molar refractivity (Wildman–Crippen MR) is 142 cm³/mol. The number of aryl methyl sites for hydroxylation is 2. The summed E-state index contributed by atoms with van der Waals surface area (Å²) < 4.78 is 21.7. The zero-order valence-corrected chi connectivity index (χ0v) is 22.0. The minimum Gasteiger partial charge on any atom is -0.493 e. The van der Waals surface area contributed by atoms with Crippen LogP contribution in [0.25, 0.3) is 0 Å². The fourth-order valence-electron chi connectivity index (χ4n) is 5.77. The van der Waals surface area contributed by atoms with E-state index >= 15 is 0 Å². The van der Waals surface area contributed by atoms with Gasteiger partial charge < -0.3 is 29.6 Å². The van der Waals surface area contributed by atoms with Crippen molar-refractivity contribution >= 4 is 11.6 Å². The van der Waals surface area contributed by atoms with Crippen molar-refractivity contribution < 1.29 is 23.7 Å². The molecule has 196 valence electrons. The van der Waals surface area contributed by atoms with E-state index in [2.05, 4.69) is 22.8 Å². The maximum atomic E-state index is 13.2. The lowest BCUT2D eigenvalue weighted by Crippen LogP contribution is -2.39. The highest BCUT2D eigenvalue weighted by atomic mass is 16.5. The molecule has 0 aromatic heterocycles. The molecular weight excluding hydrogens is 456 g/mol. The number of nitrogens with one attached hydrogen (secondary N) is 2. The van der Waals surface area contributed by atoms with Crippen LogP contribution in [0.1, 0.15) is 49.7 Å². The molecule has 3 unspecified atom stereocenters. The number of carbonyl (C=O) groups is 1. The summed E-state index contributed by atoms with van der Waals surface area (Å²) in [6, 6.07) is 10.5. The summed E-state index contributed by atoms with van der Waals surface area (Å²) in [5.74, 6) is 3.46. The second kappa shape index (κ2) is 12.3. The number of anilines is 1. The fourth-order valence-corrected chi connectivity index (χ4v) is 5.77. The van der Waals surface area contributed by atoms with E-state index in [-0.39, 0.29) is 11.8 Å². The number of rotatable bonds is 10. The van der Waals surface area contributed by atoms with Crippen LogP contribution < -0.4 is 29.6 Å². The lowest BCUT2D eigenvalue weighted by molar-refractivity contribution is -0.122. The van der Waals surface area contributed by atoms with Crippen LogP contribution in [0.5, 0.6) is 23.0 Å². The maximum Gasteiger partial charge on any atom is 0.227 e. The van der Waals surface area contributed by atoms with Gasteiger partial charge in [-0.2, -0.15) is 0 Å². The Balaban J connectivity index is 1.29. The van der Waals surface area contributed by atoms with Crippen molar-refractivity contribution in [1.29, 1.82) is 0 Å².